The SMILES string of the molecule is COC(=O)[C@@]12Oc3ccc(-c4ccc5c(c4O)C(=O)C[C@](C(=O)OC)([C@H]4OC(=O)C[C@@H]4C)O5)c(O)c3C(O)=C1C(=O)C[C@H](C)[C@H]2O. The van der Waals surface area contributed by atoms with Gasteiger partial charge in [-0.15, -0.1) is 0 Å². The molecule has 0 spiro atoms. The lowest BCUT2D eigenvalue weighted by molar-refractivity contribution is -0.177. The van der Waals surface area contributed by atoms with Gasteiger partial charge in [0, 0.05) is 23.5 Å². The summed E-state index contributed by atoms with van der Waals surface area (Å²) in [5, 5.41) is 45.1. The van der Waals surface area contributed by atoms with Gasteiger partial charge in [-0.25, -0.2) is 9.59 Å². The summed E-state index contributed by atoms with van der Waals surface area (Å²) in [7, 11) is 2.13. The topological polar surface area (TPSA) is 212 Å². The first-order valence-electron chi connectivity index (χ1n) is 14.4. The van der Waals surface area contributed by atoms with Crippen molar-refractivity contribution < 1.29 is 68.1 Å². The molecule has 46 heavy (non-hydrogen) atoms. The van der Waals surface area contributed by atoms with Gasteiger partial charge in [-0.2, -0.15) is 0 Å². The van der Waals surface area contributed by atoms with Crippen molar-refractivity contribution in [1.29, 1.82) is 0 Å². The number of esters is 3. The number of Topliss-reactive ketones (excluding diaryl/α,β-unsaturated/α-hetero) is 2. The maximum absolute atomic E-state index is 13.6. The number of benzene rings is 2. The Morgan fingerprint density at radius 2 is 1.39 bits per heavy atom. The van der Waals surface area contributed by atoms with Crippen LogP contribution in [-0.2, 0) is 33.4 Å². The molecule has 4 aliphatic rings. The first-order chi connectivity index (χ1) is 21.7. The Morgan fingerprint density at radius 1 is 0.804 bits per heavy atom. The van der Waals surface area contributed by atoms with E-state index in [1.807, 2.05) is 0 Å². The maximum atomic E-state index is 13.6. The minimum atomic E-state index is -2.40. The number of fused-ring (bicyclic) bond motifs is 3. The molecule has 6 atom stereocenters. The predicted octanol–water partition coefficient (Wildman–Crippen LogP) is 2.14. The van der Waals surface area contributed by atoms with Gasteiger partial charge in [0.15, 0.2) is 17.7 Å². The van der Waals surface area contributed by atoms with E-state index in [2.05, 4.69) is 0 Å². The van der Waals surface area contributed by atoms with Crippen LogP contribution >= 0.6 is 0 Å². The van der Waals surface area contributed by atoms with E-state index in [0.717, 1.165) is 14.2 Å². The van der Waals surface area contributed by atoms with Gasteiger partial charge in [-0.1, -0.05) is 13.8 Å². The molecule has 3 heterocycles. The number of carbonyl (C=O) groups is 5. The van der Waals surface area contributed by atoms with E-state index in [-0.39, 0.29) is 41.0 Å². The van der Waals surface area contributed by atoms with Crippen LogP contribution in [0.2, 0.25) is 0 Å². The molecule has 242 valence electrons. The number of aliphatic hydroxyl groups is 2. The first-order valence-corrected chi connectivity index (χ1v) is 14.4. The van der Waals surface area contributed by atoms with E-state index in [9.17, 15) is 44.4 Å². The number of ether oxygens (including phenoxy) is 5. The number of phenols is 2. The van der Waals surface area contributed by atoms with Crippen LogP contribution in [0.1, 0.15) is 49.0 Å². The lowest BCUT2D eigenvalue weighted by Gasteiger charge is -2.45. The zero-order valence-corrected chi connectivity index (χ0v) is 25.1. The standard InChI is InChI=1S/C32H30O14/c1-12-9-16(33)23-26(38)22-19(46-32(23,27(12)39)30(41)43-4)8-6-15(25(22)37)14-5-7-18-21(24(14)36)17(34)11-31(45-18,29(40)42-3)28-13(2)10-20(35)44-28/h5-8,12-13,27-28,36-39H,9-11H2,1-4H3/t12-,13-,27+,28-,31+,32+/m0/s1. The number of ketones is 2. The van der Waals surface area contributed by atoms with Crippen LogP contribution in [-0.4, -0.2) is 87.5 Å². The Bertz CT molecular complexity index is 1770. The largest absolute Gasteiger partial charge is 0.506 e. The second kappa shape index (κ2) is 10.5. The van der Waals surface area contributed by atoms with Crippen molar-refractivity contribution in [1.82, 2.24) is 0 Å². The van der Waals surface area contributed by atoms with Crippen LogP contribution in [0.25, 0.3) is 16.9 Å². The number of hydrogen-bond acceptors (Lipinski definition) is 14. The second-order valence-electron chi connectivity index (χ2n) is 11.9. The summed E-state index contributed by atoms with van der Waals surface area (Å²) in [6, 6.07) is 5.07. The summed E-state index contributed by atoms with van der Waals surface area (Å²) < 4.78 is 27.1. The van der Waals surface area contributed by atoms with Gasteiger partial charge >= 0.3 is 17.9 Å². The van der Waals surface area contributed by atoms with E-state index in [4.69, 9.17) is 23.7 Å². The van der Waals surface area contributed by atoms with E-state index >= 15 is 0 Å². The number of cyclic esters (lactones) is 1. The van der Waals surface area contributed by atoms with Crippen molar-refractivity contribution in [2.45, 2.75) is 56.5 Å². The highest BCUT2D eigenvalue weighted by molar-refractivity contribution is 6.13. The molecule has 4 N–H and O–H groups in total. The van der Waals surface area contributed by atoms with Crippen LogP contribution in [0.15, 0.2) is 29.8 Å². The zero-order valence-electron chi connectivity index (χ0n) is 25.1. The van der Waals surface area contributed by atoms with Gasteiger partial charge < -0.3 is 44.1 Å². The van der Waals surface area contributed by atoms with Crippen LogP contribution in [0, 0.1) is 11.8 Å². The lowest BCUT2D eigenvalue weighted by Crippen LogP contribution is -2.64. The van der Waals surface area contributed by atoms with Gasteiger partial charge in [0.2, 0.25) is 5.60 Å². The molecule has 1 aliphatic carbocycles. The zero-order chi connectivity index (χ0) is 33.5. The van der Waals surface area contributed by atoms with Crippen molar-refractivity contribution in [2.75, 3.05) is 14.2 Å². The number of hydrogen-bond donors (Lipinski definition) is 4. The van der Waals surface area contributed by atoms with Crippen molar-refractivity contribution in [3.63, 3.8) is 0 Å². The summed E-state index contributed by atoms with van der Waals surface area (Å²) >= 11 is 0. The average molecular weight is 639 g/mol. The Kier molecular flexibility index (Phi) is 7.04. The van der Waals surface area contributed by atoms with E-state index in [1.165, 1.54) is 31.2 Å². The predicted molar refractivity (Wildman–Crippen MR) is 153 cm³/mol. The van der Waals surface area contributed by atoms with Crippen LogP contribution in [0.4, 0.5) is 0 Å². The van der Waals surface area contributed by atoms with E-state index < -0.39 is 99.5 Å². The minimum absolute atomic E-state index is 0.00728. The monoisotopic (exact) mass is 638 g/mol. The Hall–Kier alpha value is -5.11. The Balaban J connectivity index is 1.47. The highest BCUT2D eigenvalue weighted by Gasteiger charge is 2.63. The lowest BCUT2D eigenvalue weighted by atomic mass is 9.69. The van der Waals surface area contributed by atoms with Gasteiger partial charge in [-0.05, 0) is 30.2 Å². The molecule has 0 aromatic heterocycles. The molecule has 2 aromatic rings. The summed E-state index contributed by atoms with van der Waals surface area (Å²) in [4.78, 5) is 64.8. The molecule has 14 heteroatoms. The highest BCUT2D eigenvalue weighted by Crippen LogP contribution is 2.54. The summed E-state index contributed by atoms with van der Waals surface area (Å²) in [5.74, 6) is -7.99. The van der Waals surface area contributed by atoms with Gasteiger partial charge in [0.25, 0.3) is 5.60 Å². The Labute approximate surface area is 261 Å². The molecule has 0 radical (unpaired) electrons. The van der Waals surface area contributed by atoms with Crippen LogP contribution in [0.5, 0.6) is 23.0 Å². The third-order valence-corrected chi connectivity index (χ3v) is 9.16. The molecule has 3 aliphatic heterocycles. The number of carbonyl (C=O) groups excluding carboxylic acids is 5. The maximum Gasteiger partial charge on any atom is 0.358 e. The summed E-state index contributed by atoms with van der Waals surface area (Å²) in [5.41, 5.74) is -5.95. The fraction of sp³-hybridized carbons (Fsp3) is 0.406. The van der Waals surface area contributed by atoms with Gasteiger partial charge in [0.05, 0.1) is 32.6 Å². The van der Waals surface area contributed by atoms with Crippen molar-refractivity contribution in [3.05, 3.63) is 41.0 Å². The van der Waals surface area contributed by atoms with Crippen molar-refractivity contribution in [3.8, 4) is 34.1 Å². The van der Waals surface area contributed by atoms with Crippen molar-refractivity contribution in [2.24, 2.45) is 11.8 Å². The smallest absolute Gasteiger partial charge is 0.358 e. The van der Waals surface area contributed by atoms with E-state index in [1.54, 1.807) is 6.92 Å². The molecular weight excluding hydrogens is 608 g/mol. The fourth-order valence-corrected chi connectivity index (χ4v) is 7.00. The number of rotatable bonds is 4. The number of aromatic hydroxyl groups is 2. The van der Waals surface area contributed by atoms with Crippen LogP contribution in [0.3, 0.4) is 0 Å². The first kappa shape index (κ1) is 30.9. The molecule has 0 bridgehead atoms. The molecule has 14 nitrogen and oxygen atoms in total. The quantitative estimate of drug-likeness (QED) is 0.279. The molecule has 6 rings (SSSR count). The Morgan fingerprint density at radius 3 is 1.96 bits per heavy atom. The molecule has 0 amide bonds. The highest BCUT2D eigenvalue weighted by atomic mass is 16.6. The van der Waals surface area contributed by atoms with Crippen LogP contribution < -0.4 is 9.47 Å². The molecule has 2 aromatic carbocycles. The number of methoxy groups -OCH3 is 2. The molecule has 1 saturated heterocycles. The third-order valence-electron chi connectivity index (χ3n) is 9.16. The van der Waals surface area contributed by atoms with E-state index in [0.29, 0.717) is 0 Å². The third kappa shape index (κ3) is 4.02. The van der Waals surface area contributed by atoms with Gasteiger partial charge in [0.1, 0.15) is 46.0 Å². The fourth-order valence-electron chi connectivity index (χ4n) is 7.00. The molecule has 0 unspecified atom stereocenters. The molecule has 1 saturated carbocycles. The van der Waals surface area contributed by atoms with Gasteiger partial charge in [-0.3, -0.25) is 14.4 Å². The normalized spacial score (nSPS) is 29.9. The minimum Gasteiger partial charge on any atom is -0.506 e. The molecular formula is C32H30O14. The molecule has 2 fully saturated rings. The van der Waals surface area contributed by atoms with Crippen molar-refractivity contribution >= 4 is 35.2 Å². The summed E-state index contributed by atoms with van der Waals surface area (Å²) in [6.45, 7) is 3.19. The average Bonchev–Trinajstić information content (AvgIpc) is 3.36. The number of phenolic OH excluding ortho intramolecular Hbond substituents is 2. The second-order valence-corrected chi connectivity index (χ2v) is 11.9. The number of aliphatic hydroxyl groups excluding tert-OH is 2. The summed E-state index contributed by atoms with van der Waals surface area (Å²) in [6.07, 6.45) is -3.62.